The molecule has 0 saturated heterocycles. The van der Waals surface area contributed by atoms with Gasteiger partial charge in [-0.25, -0.2) is 0 Å². The van der Waals surface area contributed by atoms with E-state index in [1.165, 1.54) is 36.4 Å². The normalized spacial score (nSPS) is 12.1. The number of non-ortho nitro benzene ring substituents is 3. The molecule has 0 spiro atoms. The van der Waals surface area contributed by atoms with Gasteiger partial charge in [0.15, 0.2) is 0 Å². The summed E-state index contributed by atoms with van der Waals surface area (Å²) in [6.07, 6.45) is 10.4. The monoisotopic (exact) mass is 855 g/mol. The van der Waals surface area contributed by atoms with Gasteiger partial charge in [-0.15, -0.1) is 0 Å². The lowest BCUT2D eigenvalue weighted by molar-refractivity contribution is -0.385. The Morgan fingerprint density at radius 2 is 0.613 bits per heavy atom. The summed E-state index contributed by atoms with van der Waals surface area (Å²) in [5, 5.41) is 49.3. The number of hydrogen-bond acceptors (Lipinski definition) is 11. The van der Waals surface area contributed by atoms with E-state index in [2.05, 4.69) is 27.7 Å². The SMILES string of the molecule is CCCCCOc1c2cc(O)cc1Cc1cc([N+](=O)[O-])cc(c1OCCCCC)Cc1cc([N+](=O)[O-])cc(c1OCCCCC)Cc1cc([N+](=O)[O-])cc(c1OCCCCC)C2. The van der Waals surface area contributed by atoms with Crippen molar-refractivity contribution in [2.24, 2.45) is 0 Å². The molecule has 334 valence electrons. The first kappa shape index (κ1) is 47.1. The van der Waals surface area contributed by atoms with Gasteiger partial charge in [0.2, 0.25) is 0 Å². The lowest BCUT2D eigenvalue weighted by Gasteiger charge is -2.23. The smallest absolute Gasteiger partial charge is 0.270 e. The maximum atomic E-state index is 12.7. The first-order chi connectivity index (χ1) is 30.0. The highest BCUT2D eigenvalue weighted by molar-refractivity contribution is 5.62. The molecule has 0 fully saturated rings. The third-order valence-corrected chi connectivity index (χ3v) is 11.0. The van der Waals surface area contributed by atoms with Gasteiger partial charge in [-0.3, -0.25) is 30.3 Å². The first-order valence-corrected chi connectivity index (χ1v) is 22.2. The molecule has 1 aliphatic carbocycles. The molecule has 0 unspecified atom stereocenters. The van der Waals surface area contributed by atoms with E-state index in [4.69, 9.17) is 18.9 Å². The van der Waals surface area contributed by atoms with Crippen LogP contribution in [0.5, 0.6) is 28.7 Å². The van der Waals surface area contributed by atoms with Crippen LogP contribution in [-0.2, 0) is 25.7 Å². The molecule has 0 amide bonds. The molecule has 62 heavy (non-hydrogen) atoms. The van der Waals surface area contributed by atoms with E-state index in [-0.39, 0.29) is 48.5 Å². The maximum absolute atomic E-state index is 12.7. The van der Waals surface area contributed by atoms with E-state index < -0.39 is 14.8 Å². The molecule has 5 rings (SSSR count). The highest BCUT2D eigenvalue weighted by Crippen LogP contribution is 2.43. The van der Waals surface area contributed by atoms with Gasteiger partial charge in [-0.05, 0) is 37.8 Å². The van der Waals surface area contributed by atoms with Crippen LogP contribution in [0.1, 0.15) is 149 Å². The zero-order chi connectivity index (χ0) is 44.6. The van der Waals surface area contributed by atoms with Crippen LogP contribution in [0, 0.1) is 30.3 Å². The molecule has 8 bridgehead atoms. The fourth-order valence-corrected chi connectivity index (χ4v) is 7.98. The van der Waals surface area contributed by atoms with Crippen molar-refractivity contribution in [3.8, 4) is 28.7 Å². The van der Waals surface area contributed by atoms with Gasteiger partial charge < -0.3 is 24.1 Å². The summed E-state index contributed by atoms with van der Waals surface area (Å²) in [4.78, 5) is 36.5. The first-order valence-electron chi connectivity index (χ1n) is 22.2. The molecule has 0 heterocycles. The summed E-state index contributed by atoms with van der Waals surface area (Å²) in [5.41, 5.74) is 3.14. The van der Waals surface area contributed by atoms with Crippen LogP contribution in [0.25, 0.3) is 0 Å². The van der Waals surface area contributed by atoms with E-state index in [9.17, 15) is 35.4 Å². The van der Waals surface area contributed by atoms with E-state index in [0.29, 0.717) is 100 Å². The summed E-state index contributed by atoms with van der Waals surface area (Å²) in [6.45, 7) is 9.62. The van der Waals surface area contributed by atoms with Gasteiger partial charge in [0, 0.05) is 107 Å². The Bertz CT molecular complexity index is 2060. The summed E-state index contributed by atoms with van der Waals surface area (Å²) in [6, 6.07) is 11.9. The number of hydrogen-bond donors (Lipinski definition) is 1. The molecule has 0 radical (unpaired) electrons. The van der Waals surface area contributed by atoms with E-state index in [1.807, 2.05) is 0 Å². The van der Waals surface area contributed by atoms with Crippen molar-refractivity contribution < 1.29 is 38.8 Å². The predicted octanol–water partition coefficient (Wildman–Crippen LogP) is 12.1. The number of unbranched alkanes of at least 4 members (excludes halogenated alkanes) is 8. The summed E-state index contributed by atoms with van der Waals surface area (Å²) in [7, 11) is 0. The lowest BCUT2D eigenvalue weighted by atomic mass is 9.90. The molecule has 14 nitrogen and oxygen atoms in total. The Morgan fingerprint density at radius 3 is 0.806 bits per heavy atom. The Balaban J connectivity index is 1.89. The second-order valence-electron chi connectivity index (χ2n) is 16.1. The minimum absolute atomic E-state index is 0.0260. The molecule has 0 saturated carbocycles. The average molecular weight is 856 g/mol. The number of aromatic hydroxyl groups is 1. The maximum Gasteiger partial charge on any atom is 0.270 e. The highest BCUT2D eigenvalue weighted by Gasteiger charge is 2.28. The number of ether oxygens (including phenoxy) is 4. The number of nitrogens with zero attached hydrogens (tertiary/aromatic N) is 3. The van der Waals surface area contributed by atoms with Crippen molar-refractivity contribution in [3.63, 3.8) is 0 Å². The molecule has 4 aromatic rings. The van der Waals surface area contributed by atoms with Crippen LogP contribution < -0.4 is 18.9 Å². The van der Waals surface area contributed by atoms with Crippen molar-refractivity contribution in [3.05, 3.63) is 123 Å². The van der Waals surface area contributed by atoms with Crippen LogP contribution >= 0.6 is 0 Å². The fourth-order valence-electron chi connectivity index (χ4n) is 7.98. The van der Waals surface area contributed by atoms with Gasteiger partial charge in [-0.1, -0.05) is 79.1 Å². The van der Waals surface area contributed by atoms with Crippen LogP contribution in [0.4, 0.5) is 17.1 Å². The quantitative estimate of drug-likeness (QED) is 0.0374. The van der Waals surface area contributed by atoms with Gasteiger partial charge in [0.1, 0.15) is 28.7 Å². The molecular weight excluding hydrogens is 795 g/mol. The molecule has 0 aromatic heterocycles. The van der Waals surface area contributed by atoms with E-state index >= 15 is 0 Å². The molecule has 0 aliphatic heterocycles. The number of nitro groups is 3. The zero-order valence-corrected chi connectivity index (χ0v) is 36.6. The molecule has 1 N–H and O–H groups in total. The van der Waals surface area contributed by atoms with Crippen molar-refractivity contribution in [1.82, 2.24) is 0 Å². The predicted molar refractivity (Wildman–Crippen MR) is 239 cm³/mol. The minimum Gasteiger partial charge on any atom is -0.508 e. The molecule has 1 aliphatic rings. The summed E-state index contributed by atoms with van der Waals surface area (Å²) < 4.78 is 26.3. The number of phenols is 1. The standard InChI is InChI=1S/C48H61N3O11/c1-5-9-13-17-59-45-33-21-35-27-42(50(55)56)29-37(46(35)60-18-14-10-6-2)23-39-31-44(52)32-40(48(39)62-20-16-12-8-4)24-38-30-43(51(57)58)28-36(47(38)61-19-15-11-7-3)22-34(45)26-41(25-33)49(53)54/h25-32,52H,5-24H2,1-4H3. The largest absolute Gasteiger partial charge is 0.508 e. The molecule has 14 heteroatoms. The average Bonchev–Trinajstić information content (AvgIpc) is 3.23. The minimum atomic E-state index is -0.491. The number of phenolic OH excluding ortho intramolecular Hbond substituents is 1. The Hall–Kier alpha value is -5.92. The second-order valence-corrected chi connectivity index (χ2v) is 16.1. The zero-order valence-electron chi connectivity index (χ0n) is 36.6. The van der Waals surface area contributed by atoms with Gasteiger partial charge in [0.25, 0.3) is 17.1 Å². The van der Waals surface area contributed by atoms with Gasteiger partial charge >= 0.3 is 0 Å². The number of benzene rings is 4. The second kappa shape index (κ2) is 23.3. The van der Waals surface area contributed by atoms with E-state index in [1.54, 1.807) is 12.1 Å². The Kier molecular flexibility index (Phi) is 17.7. The van der Waals surface area contributed by atoms with Gasteiger partial charge in [0.05, 0.1) is 41.2 Å². The van der Waals surface area contributed by atoms with Crippen molar-refractivity contribution in [2.45, 2.75) is 130 Å². The Labute approximate surface area is 364 Å². The van der Waals surface area contributed by atoms with Crippen molar-refractivity contribution in [2.75, 3.05) is 26.4 Å². The van der Waals surface area contributed by atoms with Crippen LogP contribution in [0.2, 0.25) is 0 Å². The Morgan fingerprint density at radius 1 is 0.403 bits per heavy atom. The lowest BCUT2D eigenvalue weighted by Crippen LogP contribution is -2.11. The fraction of sp³-hybridized carbons (Fsp3) is 0.500. The van der Waals surface area contributed by atoms with E-state index in [0.717, 1.165) is 70.6 Å². The van der Waals surface area contributed by atoms with Crippen molar-refractivity contribution >= 4 is 17.1 Å². The topological polar surface area (TPSA) is 187 Å². The van der Waals surface area contributed by atoms with Crippen molar-refractivity contribution in [1.29, 1.82) is 0 Å². The third kappa shape index (κ3) is 12.6. The number of nitro benzene ring substituents is 3. The van der Waals surface area contributed by atoms with Crippen LogP contribution in [-0.4, -0.2) is 46.3 Å². The molecular formula is C48H61N3O11. The summed E-state index contributed by atoms with van der Waals surface area (Å²) in [5.74, 6) is 1.58. The number of fused-ring (bicyclic) bond motifs is 8. The van der Waals surface area contributed by atoms with Crippen LogP contribution in [0.15, 0.2) is 48.5 Å². The van der Waals surface area contributed by atoms with Crippen LogP contribution in [0.3, 0.4) is 0 Å². The van der Waals surface area contributed by atoms with Gasteiger partial charge in [-0.2, -0.15) is 0 Å². The molecule has 4 aromatic carbocycles. The highest BCUT2D eigenvalue weighted by atomic mass is 16.6. The summed E-state index contributed by atoms with van der Waals surface area (Å²) >= 11 is 0. The molecule has 0 atom stereocenters. The third-order valence-electron chi connectivity index (χ3n) is 11.0. The number of rotatable bonds is 23.